The first-order valence-corrected chi connectivity index (χ1v) is 2.22. The first-order chi connectivity index (χ1) is 3.93. The van der Waals surface area contributed by atoms with Crippen molar-refractivity contribution in [3.05, 3.63) is 25.0 Å². The van der Waals surface area contributed by atoms with Crippen molar-refractivity contribution < 1.29 is 5.11 Å². The van der Waals surface area contributed by atoms with E-state index < -0.39 is 0 Å². The van der Waals surface area contributed by atoms with Crippen molar-refractivity contribution in [3.63, 3.8) is 0 Å². The molecule has 0 atom stereocenters. The molecule has 0 unspecified atom stereocenters. The smallest absolute Gasteiger partial charge is 0.0987 e. The number of nitrogens with zero attached hydrogens (tertiary/aromatic N) is 2. The van der Waals surface area contributed by atoms with E-state index in [-0.39, 0.29) is 0 Å². The van der Waals surface area contributed by atoms with Crippen molar-refractivity contribution >= 4 is 6.20 Å². The van der Waals surface area contributed by atoms with Crippen LogP contribution in [0.2, 0.25) is 0 Å². The summed E-state index contributed by atoms with van der Waals surface area (Å²) in [6.45, 7) is 0. The van der Waals surface area contributed by atoms with Crippen LogP contribution in [-0.2, 0) is 0 Å². The van der Waals surface area contributed by atoms with Crippen LogP contribution in [0.4, 0.5) is 0 Å². The third-order valence-corrected chi connectivity index (χ3v) is 0.764. The van der Waals surface area contributed by atoms with Gasteiger partial charge in [-0.1, -0.05) is 0 Å². The van der Waals surface area contributed by atoms with E-state index in [0.717, 1.165) is 6.26 Å². The minimum atomic E-state index is 0.960. The van der Waals surface area contributed by atoms with Gasteiger partial charge in [0.05, 0.1) is 12.6 Å². The molecule has 3 nitrogen and oxygen atoms in total. The maximum absolute atomic E-state index is 8.21. The Kier molecular flexibility index (Phi) is 1.32. The van der Waals surface area contributed by atoms with Gasteiger partial charge in [-0.2, -0.15) is 0 Å². The summed E-state index contributed by atoms with van der Waals surface area (Å²) in [6, 6.07) is 0. The fraction of sp³-hybridized carbons (Fsp3) is 0. The number of rotatable bonds is 1. The molecule has 1 aromatic rings. The SMILES string of the molecule is OC=Cn1ccnc1. The van der Waals surface area contributed by atoms with Crippen LogP contribution >= 0.6 is 0 Å². The van der Waals surface area contributed by atoms with E-state index in [4.69, 9.17) is 5.11 Å². The largest absolute Gasteiger partial charge is 0.514 e. The van der Waals surface area contributed by atoms with Gasteiger partial charge in [-0.15, -0.1) is 0 Å². The van der Waals surface area contributed by atoms with Crippen LogP contribution in [0.1, 0.15) is 0 Å². The van der Waals surface area contributed by atoms with E-state index in [1.54, 1.807) is 23.3 Å². The normalized spacial score (nSPS) is 10.5. The molecule has 1 heterocycles. The summed E-state index contributed by atoms with van der Waals surface area (Å²) in [5, 5.41) is 8.21. The molecular formula is C5H6N2O. The topological polar surface area (TPSA) is 38.0 Å². The average molecular weight is 110 g/mol. The Bertz CT molecular complexity index is 167. The van der Waals surface area contributed by atoms with Gasteiger partial charge >= 0.3 is 0 Å². The highest BCUT2D eigenvalue weighted by atomic mass is 16.2. The van der Waals surface area contributed by atoms with Gasteiger partial charge in [0.1, 0.15) is 0 Å². The average Bonchev–Trinajstić information content (AvgIpc) is 2.19. The molecule has 0 spiro atoms. The lowest BCUT2D eigenvalue weighted by atomic mass is 10.8. The van der Waals surface area contributed by atoms with Crippen molar-refractivity contribution in [2.24, 2.45) is 0 Å². The quantitative estimate of drug-likeness (QED) is 0.544. The van der Waals surface area contributed by atoms with Gasteiger partial charge in [0.15, 0.2) is 0 Å². The number of hydrogen-bond donors (Lipinski definition) is 1. The minimum absolute atomic E-state index is 0.960. The van der Waals surface area contributed by atoms with Crippen molar-refractivity contribution in [3.8, 4) is 0 Å². The zero-order valence-corrected chi connectivity index (χ0v) is 4.23. The van der Waals surface area contributed by atoms with E-state index >= 15 is 0 Å². The summed E-state index contributed by atoms with van der Waals surface area (Å²) < 4.78 is 1.64. The fourth-order valence-corrected chi connectivity index (χ4v) is 0.435. The zero-order valence-electron chi connectivity index (χ0n) is 4.23. The van der Waals surface area contributed by atoms with Crippen LogP contribution in [0.25, 0.3) is 6.20 Å². The lowest BCUT2D eigenvalue weighted by Crippen LogP contribution is -1.76. The number of aromatic nitrogens is 2. The Hall–Kier alpha value is -1.25. The zero-order chi connectivity index (χ0) is 5.82. The van der Waals surface area contributed by atoms with Gasteiger partial charge in [0.25, 0.3) is 0 Å². The molecule has 0 fully saturated rings. The lowest BCUT2D eigenvalue weighted by molar-refractivity contribution is 0.476. The molecule has 0 aromatic carbocycles. The summed E-state index contributed by atoms with van der Waals surface area (Å²) in [7, 11) is 0. The van der Waals surface area contributed by atoms with Crippen LogP contribution in [-0.4, -0.2) is 14.7 Å². The van der Waals surface area contributed by atoms with Gasteiger partial charge in [-0.25, -0.2) is 4.98 Å². The third-order valence-electron chi connectivity index (χ3n) is 0.764. The van der Waals surface area contributed by atoms with E-state index in [0.29, 0.717) is 0 Å². The van der Waals surface area contributed by atoms with Crippen LogP contribution < -0.4 is 0 Å². The van der Waals surface area contributed by atoms with Gasteiger partial charge in [-0.05, 0) is 0 Å². The van der Waals surface area contributed by atoms with Gasteiger partial charge < -0.3 is 9.67 Å². The molecule has 0 bridgehead atoms. The molecule has 1 N–H and O–H groups in total. The fourth-order valence-electron chi connectivity index (χ4n) is 0.435. The second-order valence-corrected chi connectivity index (χ2v) is 1.31. The molecule has 8 heavy (non-hydrogen) atoms. The van der Waals surface area contributed by atoms with Crippen LogP contribution in [0, 0.1) is 0 Å². The van der Waals surface area contributed by atoms with Crippen molar-refractivity contribution in [2.45, 2.75) is 0 Å². The molecule has 0 aliphatic rings. The summed E-state index contributed by atoms with van der Waals surface area (Å²) in [5.74, 6) is 0. The Morgan fingerprint density at radius 2 is 2.50 bits per heavy atom. The Balaban J connectivity index is 2.77. The minimum Gasteiger partial charge on any atom is -0.514 e. The van der Waals surface area contributed by atoms with E-state index in [1.165, 1.54) is 6.20 Å². The van der Waals surface area contributed by atoms with Crippen LogP contribution in [0.3, 0.4) is 0 Å². The predicted molar refractivity (Wildman–Crippen MR) is 30.2 cm³/mol. The molecule has 0 radical (unpaired) electrons. The Labute approximate surface area is 46.9 Å². The second-order valence-electron chi connectivity index (χ2n) is 1.31. The van der Waals surface area contributed by atoms with Crippen molar-refractivity contribution in [1.29, 1.82) is 0 Å². The molecule has 1 rings (SSSR count). The highest BCUT2D eigenvalue weighted by Crippen LogP contribution is 1.83. The molecule has 0 saturated heterocycles. The maximum Gasteiger partial charge on any atom is 0.0987 e. The third kappa shape index (κ3) is 0.872. The van der Waals surface area contributed by atoms with E-state index in [2.05, 4.69) is 4.98 Å². The molecule has 42 valence electrons. The van der Waals surface area contributed by atoms with E-state index in [1.807, 2.05) is 0 Å². The molecule has 1 aromatic heterocycles. The van der Waals surface area contributed by atoms with Gasteiger partial charge in [-0.3, -0.25) is 0 Å². The maximum atomic E-state index is 8.21. The molecule has 3 heteroatoms. The summed E-state index contributed by atoms with van der Waals surface area (Å²) in [6.07, 6.45) is 7.41. The number of hydrogen-bond acceptors (Lipinski definition) is 2. The monoisotopic (exact) mass is 110 g/mol. The highest BCUT2D eigenvalue weighted by molar-refractivity contribution is 5.17. The van der Waals surface area contributed by atoms with Crippen LogP contribution in [0.15, 0.2) is 25.0 Å². The van der Waals surface area contributed by atoms with Crippen molar-refractivity contribution in [2.75, 3.05) is 0 Å². The summed E-state index contributed by atoms with van der Waals surface area (Å²) >= 11 is 0. The Morgan fingerprint density at radius 3 is 3.00 bits per heavy atom. The Morgan fingerprint density at radius 1 is 1.62 bits per heavy atom. The lowest BCUT2D eigenvalue weighted by Gasteiger charge is -1.82. The number of imidazole rings is 1. The molecular weight excluding hydrogens is 104 g/mol. The number of aliphatic hydroxyl groups is 1. The second kappa shape index (κ2) is 2.16. The van der Waals surface area contributed by atoms with Gasteiger partial charge in [0, 0.05) is 18.6 Å². The standard InChI is InChI=1S/C5H6N2O/c8-4-3-7-2-1-6-5-7/h1-5,8H. The summed E-state index contributed by atoms with van der Waals surface area (Å²) in [5.41, 5.74) is 0. The molecule has 0 saturated carbocycles. The highest BCUT2D eigenvalue weighted by Gasteiger charge is 1.75. The molecule has 0 aliphatic carbocycles. The van der Waals surface area contributed by atoms with Crippen LogP contribution in [0.5, 0.6) is 0 Å². The van der Waals surface area contributed by atoms with Crippen molar-refractivity contribution in [1.82, 2.24) is 9.55 Å². The molecule has 0 amide bonds. The number of aliphatic hydroxyl groups excluding tert-OH is 1. The predicted octanol–water partition coefficient (Wildman–Crippen LogP) is 0.869. The first kappa shape index (κ1) is 4.90. The first-order valence-electron chi connectivity index (χ1n) is 2.22. The van der Waals surface area contributed by atoms with E-state index in [9.17, 15) is 0 Å². The van der Waals surface area contributed by atoms with Gasteiger partial charge in [0.2, 0.25) is 0 Å². The molecule has 0 aliphatic heterocycles. The summed E-state index contributed by atoms with van der Waals surface area (Å²) in [4.78, 5) is 3.74.